The van der Waals surface area contributed by atoms with Crippen LogP contribution in [0.4, 0.5) is 5.82 Å². The van der Waals surface area contributed by atoms with Crippen LogP contribution in [0.3, 0.4) is 0 Å². The van der Waals surface area contributed by atoms with Gasteiger partial charge in [-0.15, -0.1) is 11.8 Å². The highest BCUT2D eigenvalue weighted by molar-refractivity contribution is 8.01. The van der Waals surface area contributed by atoms with Crippen molar-refractivity contribution in [1.29, 1.82) is 0 Å². The van der Waals surface area contributed by atoms with Gasteiger partial charge in [-0.05, 0) is 53.3 Å². The van der Waals surface area contributed by atoms with Crippen LogP contribution in [0, 0.1) is 6.92 Å². The Morgan fingerprint density at radius 3 is 2.63 bits per heavy atom. The molecular formula is C25H32N6O3S. The van der Waals surface area contributed by atoms with Crippen LogP contribution in [-0.4, -0.2) is 67.7 Å². The second-order valence-corrected chi connectivity index (χ2v) is 11.2. The van der Waals surface area contributed by atoms with Gasteiger partial charge in [-0.3, -0.25) is 14.4 Å². The van der Waals surface area contributed by atoms with Crippen LogP contribution in [-0.2, 0) is 14.4 Å². The average molecular weight is 497 g/mol. The summed E-state index contributed by atoms with van der Waals surface area (Å²) in [5.74, 6) is -0.275. The number of carbonyl (C=O) groups excluding carboxylic acids is 3. The number of nitrogens with zero attached hydrogens (tertiary/aromatic N) is 3. The Morgan fingerprint density at radius 2 is 1.94 bits per heavy atom. The van der Waals surface area contributed by atoms with Crippen molar-refractivity contribution in [2.75, 3.05) is 12.4 Å². The Bertz CT molecular complexity index is 1150. The molecule has 3 N–H and O–H groups in total. The fourth-order valence-electron chi connectivity index (χ4n) is 4.45. The molecule has 3 amide bonds. The summed E-state index contributed by atoms with van der Waals surface area (Å²) in [6.45, 7) is 7.53. The molecule has 4 atom stereocenters. The molecule has 1 aromatic heterocycles. The highest BCUT2D eigenvalue weighted by Crippen LogP contribution is 2.46. The third kappa shape index (κ3) is 4.99. The van der Waals surface area contributed by atoms with E-state index in [9.17, 15) is 14.4 Å². The third-order valence-corrected chi connectivity index (χ3v) is 7.79. The molecule has 2 aromatic rings. The number of para-hydroxylation sites is 1. The smallest absolute Gasteiger partial charge is 0.249 e. The minimum Gasteiger partial charge on any atom is -0.343 e. The number of fused-ring (bicyclic) bond motifs is 1. The zero-order valence-corrected chi connectivity index (χ0v) is 21.4. The number of anilines is 1. The summed E-state index contributed by atoms with van der Waals surface area (Å²) in [6.07, 6.45) is 4.24. The van der Waals surface area contributed by atoms with Crippen molar-refractivity contribution in [1.82, 2.24) is 25.3 Å². The molecular weight excluding hydrogens is 464 g/mol. The van der Waals surface area contributed by atoms with E-state index in [1.165, 1.54) is 0 Å². The number of rotatable bonds is 6. The lowest BCUT2D eigenvalue weighted by atomic mass is 9.99. The van der Waals surface area contributed by atoms with E-state index >= 15 is 0 Å². The zero-order chi connectivity index (χ0) is 25.3. The van der Waals surface area contributed by atoms with Crippen molar-refractivity contribution >= 4 is 35.3 Å². The molecule has 0 saturated carbocycles. The summed E-state index contributed by atoms with van der Waals surface area (Å²) < 4.78 is 1.14. The van der Waals surface area contributed by atoms with Gasteiger partial charge in [-0.2, -0.15) is 5.10 Å². The van der Waals surface area contributed by atoms with E-state index in [0.717, 1.165) is 11.4 Å². The molecule has 4 rings (SSSR count). The van der Waals surface area contributed by atoms with Crippen LogP contribution in [0.2, 0.25) is 0 Å². The van der Waals surface area contributed by atoms with Gasteiger partial charge in [0.25, 0.3) is 0 Å². The zero-order valence-electron chi connectivity index (χ0n) is 20.6. The van der Waals surface area contributed by atoms with Crippen LogP contribution < -0.4 is 16.0 Å². The van der Waals surface area contributed by atoms with E-state index in [-0.39, 0.29) is 23.1 Å². The van der Waals surface area contributed by atoms with E-state index < -0.39 is 22.9 Å². The summed E-state index contributed by atoms with van der Waals surface area (Å²) >= 11 is 1.56. The fraction of sp³-hybridized carbons (Fsp3) is 0.440. The minimum absolute atomic E-state index is 0.257. The van der Waals surface area contributed by atoms with Gasteiger partial charge in [0, 0.05) is 10.8 Å². The van der Waals surface area contributed by atoms with Gasteiger partial charge in [0.05, 0.1) is 22.8 Å². The lowest BCUT2D eigenvalue weighted by Crippen LogP contribution is -2.58. The van der Waals surface area contributed by atoms with Gasteiger partial charge in [0.2, 0.25) is 17.7 Å². The molecule has 2 aliphatic rings. The normalized spacial score (nSPS) is 24.0. The molecule has 10 heteroatoms. The lowest BCUT2D eigenvalue weighted by Gasteiger charge is -2.33. The molecule has 1 fully saturated rings. The average Bonchev–Trinajstić information content (AvgIpc) is 3.28. The van der Waals surface area contributed by atoms with E-state index in [2.05, 4.69) is 21.0 Å². The predicted molar refractivity (Wildman–Crippen MR) is 137 cm³/mol. The molecule has 35 heavy (non-hydrogen) atoms. The maximum Gasteiger partial charge on any atom is 0.249 e. The largest absolute Gasteiger partial charge is 0.343 e. The minimum atomic E-state index is -0.742. The van der Waals surface area contributed by atoms with Crippen molar-refractivity contribution in [2.45, 2.75) is 62.4 Å². The van der Waals surface area contributed by atoms with Crippen LogP contribution in [0.15, 0.2) is 48.6 Å². The summed E-state index contributed by atoms with van der Waals surface area (Å²) in [7, 11) is 1.69. The van der Waals surface area contributed by atoms with Crippen LogP contribution >= 0.6 is 11.8 Å². The molecule has 0 spiro atoms. The summed E-state index contributed by atoms with van der Waals surface area (Å²) in [5.41, 5.74) is 1.58. The molecule has 1 saturated heterocycles. The van der Waals surface area contributed by atoms with E-state index in [1.807, 2.05) is 69.3 Å². The predicted octanol–water partition coefficient (Wildman–Crippen LogP) is 2.22. The second-order valence-electron chi connectivity index (χ2n) is 9.40. The highest BCUT2D eigenvalue weighted by Gasteiger charge is 2.54. The molecule has 3 heterocycles. The van der Waals surface area contributed by atoms with Gasteiger partial charge < -0.3 is 20.9 Å². The van der Waals surface area contributed by atoms with Crippen molar-refractivity contribution in [3.05, 3.63) is 54.2 Å². The number of hydrogen-bond donors (Lipinski definition) is 3. The van der Waals surface area contributed by atoms with E-state index in [0.29, 0.717) is 12.2 Å². The number of likely N-dealkylation sites (N-methyl/N-ethyl adjacent to an activating group) is 1. The number of benzene rings is 1. The first-order chi connectivity index (χ1) is 16.6. The summed E-state index contributed by atoms with van der Waals surface area (Å²) in [5, 5.41) is 13.0. The Balaban J connectivity index is 1.61. The van der Waals surface area contributed by atoms with Gasteiger partial charge in [-0.25, -0.2) is 4.68 Å². The molecule has 0 aliphatic carbocycles. The summed E-state index contributed by atoms with van der Waals surface area (Å²) in [6, 6.07) is 9.46. The van der Waals surface area contributed by atoms with Gasteiger partial charge in [0.15, 0.2) is 0 Å². The molecule has 186 valence electrons. The first-order valence-electron chi connectivity index (χ1n) is 11.7. The van der Waals surface area contributed by atoms with Gasteiger partial charge >= 0.3 is 0 Å². The molecule has 1 aromatic carbocycles. The topological polar surface area (TPSA) is 108 Å². The van der Waals surface area contributed by atoms with Crippen LogP contribution in [0.5, 0.6) is 0 Å². The van der Waals surface area contributed by atoms with E-state index in [4.69, 9.17) is 0 Å². The number of aromatic nitrogens is 2. The number of amides is 3. The Kier molecular flexibility index (Phi) is 7.05. The number of thioether (sulfide) groups is 1. The number of aryl methyl sites for hydroxylation is 1. The highest BCUT2D eigenvalue weighted by atomic mass is 32.2. The van der Waals surface area contributed by atoms with Crippen molar-refractivity contribution in [2.24, 2.45) is 0 Å². The number of carbonyl (C=O) groups is 3. The first-order valence-corrected chi connectivity index (χ1v) is 12.6. The van der Waals surface area contributed by atoms with Crippen molar-refractivity contribution in [3.8, 4) is 5.69 Å². The Labute approximate surface area is 209 Å². The van der Waals surface area contributed by atoms with Crippen LogP contribution in [0.1, 0.15) is 32.9 Å². The molecule has 9 nitrogen and oxygen atoms in total. The SMILES string of the molecule is CN[C@@H](C)C(=O)N[C@@H]1CC=C[C@H]2SC(C)(C)[C@@H](C(=O)Nc3cc(C)nn3-c3ccccc3)N2C1=O. The molecule has 0 unspecified atom stereocenters. The maximum absolute atomic E-state index is 13.7. The second kappa shape index (κ2) is 9.87. The molecule has 2 aliphatic heterocycles. The summed E-state index contributed by atoms with van der Waals surface area (Å²) in [4.78, 5) is 41.5. The van der Waals surface area contributed by atoms with Crippen LogP contribution in [0.25, 0.3) is 5.69 Å². The first kappa shape index (κ1) is 25.0. The number of nitrogens with one attached hydrogen (secondary N) is 3. The monoisotopic (exact) mass is 496 g/mol. The van der Waals surface area contributed by atoms with Gasteiger partial charge in [0.1, 0.15) is 17.9 Å². The number of hydrogen-bond acceptors (Lipinski definition) is 6. The van der Waals surface area contributed by atoms with E-state index in [1.54, 1.807) is 35.3 Å². The van der Waals surface area contributed by atoms with Crippen molar-refractivity contribution < 1.29 is 14.4 Å². The maximum atomic E-state index is 13.7. The lowest BCUT2D eigenvalue weighted by molar-refractivity contribution is -0.141. The molecule has 0 radical (unpaired) electrons. The fourth-order valence-corrected chi connectivity index (χ4v) is 5.95. The third-order valence-electron chi connectivity index (χ3n) is 6.34. The van der Waals surface area contributed by atoms with Crippen molar-refractivity contribution in [3.63, 3.8) is 0 Å². The quantitative estimate of drug-likeness (QED) is 0.530. The molecule has 0 bridgehead atoms. The Hall–Kier alpha value is -3.11. The Morgan fingerprint density at radius 1 is 1.23 bits per heavy atom. The standard InChI is InChI=1S/C25H32N6O3S/c1-15-14-19(31(29-15)17-10-7-6-8-11-17)28-23(33)21-25(3,4)35-20-13-9-12-18(24(34)30(20)21)27-22(32)16(2)26-5/h6-11,13-14,16,18,20-21,26H,12H2,1-5H3,(H,27,32)(H,28,33)/t16-,18+,20+,21+/m0/s1. The van der Waals surface area contributed by atoms with Gasteiger partial charge in [-0.1, -0.05) is 30.4 Å².